The van der Waals surface area contributed by atoms with Gasteiger partial charge in [-0.05, 0) is 36.8 Å². The Morgan fingerprint density at radius 1 is 1.26 bits per heavy atom. The molecule has 0 aliphatic carbocycles. The molecule has 1 heterocycles. The van der Waals surface area contributed by atoms with Crippen LogP contribution in [0.25, 0.3) is 10.9 Å². The third-order valence-corrected chi connectivity index (χ3v) is 5.35. The van der Waals surface area contributed by atoms with Gasteiger partial charge in [0.25, 0.3) is 5.56 Å². The van der Waals surface area contributed by atoms with E-state index >= 15 is 0 Å². The molecule has 1 atom stereocenters. The zero-order chi connectivity index (χ0) is 19.2. The minimum Gasteiger partial charge on any atom is -0.493 e. The minimum atomic E-state index is -0.300. The first-order valence-electron chi connectivity index (χ1n) is 8.77. The van der Waals surface area contributed by atoms with E-state index in [0.29, 0.717) is 45.6 Å². The number of thioether (sulfide) groups is 1. The van der Waals surface area contributed by atoms with E-state index < -0.39 is 0 Å². The number of hydrogen-bond acceptors (Lipinski definition) is 5. The first-order chi connectivity index (χ1) is 13.1. The molecule has 1 N–H and O–H groups in total. The second-order valence-corrected chi connectivity index (χ2v) is 7.48. The SMILES string of the molecule is CC[C@H](CO)n1c(SCCOc2cccc(Cl)c2)nc2ccccc2c1=O. The van der Waals surface area contributed by atoms with Crippen molar-refractivity contribution < 1.29 is 9.84 Å². The van der Waals surface area contributed by atoms with Gasteiger partial charge in [-0.1, -0.05) is 48.5 Å². The number of benzene rings is 2. The molecule has 5 nitrogen and oxygen atoms in total. The maximum atomic E-state index is 13.0. The van der Waals surface area contributed by atoms with Crippen molar-refractivity contribution in [1.29, 1.82) is 0 Å². The summed E-state index contributed by atoms with van der Waals surface area (Å²) in [7, 11) is 0. The lowest BCUT2D eigenvalue weighted by Crippen LogP contribution is -2.29. The Morgan fingerprint density at radius 3 is 2.81 bits per heavy atom. The fourth-order valence-corrected chi connectivity index (χ4v) is 3.86. The summed E-state index contributed by atoms with van der Waals surface area (Å²) in [4.78, 5) is 17.6. The van der Waals surface area contributed by atoms with E-state index in [9.17, 15) is 9.90 Å². The number of ether oxygens (including phenoxy) is 1. The van der Waals surface area contributed by atoms with Crippen molar-refractivity contribution in [3.8, 4) is 5.75 Å². The Morgan fingerprint density at radius 2 is 2.07 bits per heavy atom. The number of aliphatic hydroxyl groups excluding tert-OH is 1. The smallest absolute Gasteiger partial charge is 0.262 e. The number of nitrogens with zero attached hydrogens (tertiary/aromatic N) is 2. The van der Waals surface area contributed by atoms with Crippen LogP contribution in [-0.4, -0.2) is 33.6 Å². The van der Waals surface area contributed by atoms with Crippen LogP contribution in [0, 0.1) is 0 Å². The van der Waals surface area contributed by atoms with Crippen LogP contribution < -0.4 is 10.3 Å². The maximum absolute atomic E-state index is 13.0. The number of aliphatic hydroxyl groups is 1. The highest BCUT2D eigenvalue weighted by Crippen LogP contribution is 2.23. The summed E-state index contributed by atoms with van der Waals surface area (Å²) in [5, 5.41) is 11.5. The average molecular weight is 405 g/mol. The van der Waals surface area contributed by atoms with Crippen LogP contribution in [0.4, 0.5) is 0 Å². The molecule has 0 aliphatic rings. The molecule has 0 radical (unpaired) electrons. The van der Waals surface area contributed by atoms with Crippen molar-refractivity contribution in [3.05, 3.63) is 63.9 Å². The number of aromatic nitrogens is 2. The molecule has 0 saturated heterocycles. The van der Waals surface area contributed by atoms with Gasteiger partial charge in [0.2, 0.25) is 0 Å². The summed E-state index contributed by atoms with van der Waals surface area (Å²) in [5.74, 6) is 1.31. The van der Waals surface area contributed by atoms with Crippen LogP contribution in [0.3, 0.4) is 0 Å². The lowest BCUT2D eigenvalue weighted by atomic mass is 10.2. The highest BCUT2D eigenvalue weighted by Gasteiger charge is 2.17. The quantitative estimate of drug-likeness (QED) is 0.347. The fraction of sp³-hybridized carbons (Fsp3) is 0.300. The van der Waals surface area contributed by atoms with Crippen molar-refractivity contribution in [2.75, 3.05) is 19.0 Å². The van der Waals surface area contributed by atoms with E-state index in [1.54, 1.807) is 22.8 Å². The molecular weight excluding hydrogens is 384 g/mol. The van der Waals surface area contributed by atoms with Crippen molar-refractivity contribution >= 4 is 34.3 Å². The largest absolute Gasteiger partial charge is 0.493 e. The molecule has 27 heavy (non-hydrogen) atoms. The van der Waals surface area contributed by atoms with Gasteiger partial charge in [0.15, 0.2) is 5.16 Å². The van der Waals surface area contributed by atoms with Gasteiger partial charge in [-0.2, -0.15) is 0 Å². The Kier molecular flexibility index (Phi) is 6.77. The zero-order valence-corrected chi connectivity index (χ0v) is 16.5. The normalized spacial score (nSPS) is 12.3. The Bertz CT molecular complexity index is 973. The average Bonchev–Trinajstić information content (AvgIpc) is 2.68. The summed E-state index contributed by atoms with van der Waals surface area (Å²) in [6.45, 7) is 2.28. The van der Waals surface area contributed by atoms with Crippen molar-refractivity contribution in [2.24, 2.45) is 0 Å². The van der Waals surface area contributed by atoms with Crippen LogP contribution in [0.1, 0.15) is 19.4 Å². The van der Waals surface area contributed by atoms with E-state index in [1.165, 1.54) is 11.8 Å². The third-order valence-electron chi connectivity index (χ3n) is 4.20. The Balaban J connectivity index is 1.81. The molecule has 142 valence electrons. The van der Waals surface area contributed by atoms with Gasteiger partial charge < -0.3 is 9.84 Å². The summed E-state index contributed by atoms with van der Waals surface area (Å²) < 4.78 is 7.31. The van der Waals surface area contributed by atoms with Crippen LogP contribution in [0.2, 0.25) is 5.02 Å². The first kappa shape index (κ1) is 19.7. The highest BCUT2D eigenvalue weighted by atomic mass is 35.5. The van der Waals surface area contributed by atoms with E-state index in [4.69, 9.17) is 16.3 Å². The van der Waals surface area contributed by atoms with Crippen molar-refractivity contribution in [1.82, 2.24) is 9.55 Å². The second-order valence-electron chi connectivity index (χ2n) is 5.99. The molecule has 0 saturated carbocycles. The van der Waals surface area contributed by atoms with Gasteiger partial charge in [0.05, 0.1) is 30.2 Å². The third kappa shape index (κ3) is 4.64. The van der Waals surface area contributed by atoms with Gasteiger partial charge in [0, 0.05) is 10.8 Å². The molecule has 0 spiro atoms. The molecule has 0 aliphatic heterocycles. The van der Waals surface area contributed by atoms with E-state index in [-0.39, 0.29) is 18.2 Å². The first-order valence-corrected chi connectivity index (χ1v) is 10.1. The van der Waals surface area contributed by atoms with E-state index in [0.717, 1.165) is 0 Å². The number of para-hydroxylation sites is 1. The van der Waals surface area contributed by atoms with Crippen LogP contribution in [0.15, 0.2) is 58.5 Å². The number of rotatable bonds is 8. The van der Waals surface area contributed by atoms with Crippen LogP contribution in [-0.2, 0) is 0 Å². The molecule has 3 aromatic rings. The topological polar surface area (TPSA) is 64.3 Å². The fourth-order valence-electron chi connectivity index (χ4n) is 2.79. The van der Waals surface area contributed by atoms with Gasteiger partial charge in [-0.25, -0.2) is 4.98 Å². The summed E-state index contributed by atoms with van der Waals surface area (Å²) >= 11 is 7.40. The predicted octanol–water partition coefficient (Wildman–Crippen LogP) is 4.16. The number of halogens is 1. The number of hydrogen-bond donors (Lipinski definition) is 1. The molecule has 0 bridgehead atoms. The Labute approximate surface area is 167 Å². The van der Waals surface area contributed by atoms with Crippen molar-refractivity contribution in [3.63, 3.8) is 0 Å². The molecule has 0 unspecified atom stereocenters. The minimum absolute atomic E-state index is 0.108. The summed E-state index contributed by atoms with van der Waals surface area (Å²) in [6.07, 6.45) is 0.642. The highest BCUT2D eigenvalue weighted by molar-refractivity contribution is 7.99. The van der Waals surface area contributed by atoms with Gasteiger partial charge >= 0.3 is 0 Å². The van der Waals surface area contributed by atoms with Gasteiger partial charge in [0.1, 0.15) is 5.75 Å². The van der Waals surface area contributed by atoms with Crippen LogP contribution >= 0.6 is 23.4 Å². The maximum Gasteiger partial charge on any atom is 0.262 e. The van der Waals surface area contributed by atoms with Crippen LogP contribution in [0.5, 0.6) is 5.75 Å². The van der Waals surface area contributed by atoms with E-state index in [2.05, 4.69) is 4.98 Å². The lowest BCUT2D eigenvalue weighted by molar-refractivity contribution is 0.213. The molecule has 3 rings (SSSR count). The van der Waals surface area contributed by atoms with Gasteiger partial charge in [-0.15, -0.1) is 0 Å². The molecular formula is C20H21ClN2O3S. The molecule has 7 heteroatoms. The predicted molar refractivity (Wildman–Crippen MR) is 110 cm³/mol. The Hall–Kier alpha value is -2.02. The van der Waals surface area contributed by atoms with Gasteiger partial charge in [-0.3, -0.25) is 9.36 Å². The standard InChI is InChI=1S/C20H21ClN2O3S/c1-2-15(13-24)23-19(25)17-8-3-4-9-18(17)22-20(23)27-11-10-26-16-7-5-6-14(21)12-16/h3-9,12,15,24H,2,10-11,13H2,1H3/t15-/m1/s1. The monoisotopic (exact) mass is 404 g/mol. The van der Waals surface area contributed by atoms with E-state index in [1.807, 2.05) is 37.3 Å². The second kappa shape index (κ2) is 9.26. The lowest BCUT2D eigenvalue weighted by Gasteiger charge is -2.20. The molecule has 0 amide bonds. The zero-order valence-electron chi connectivity index (χ0n) is 15.0. The molecule has 1 aromatic heterocycles. The summed E-state index contributed by atoms with van der Waals surface area (Å²) in [5.41, 5.74) is 0.532. The summed E-state index contributed by atoms with van der Waals surface area (Å²) in [6, 6.07) is 14.2. The number of fused-ring (bicyclic) bond motifs is 1. The molecule has 2 aromatic carbocycles. The van der Waals surface area contributed by atoms with Crippen molar-refractivity contribution in [2.45, 2.75) is 24.5 Å². The molecule has 0 fully saturated rings.